The van der Waals surface area contributed by atoms with Gasteiger partial charge in [-0.3, -0.25) is 0 Å². The molecule has 41 heavy (non-hydrogen) atoms. The zero-order valence-electron chi connectivity index (χ0n) is 24.1. The Morgan fingerprint density at radius 2 is 1.29 bits per heavy atom. The van der Waals surface area contributed by atoms with Crippen molar-refractivity contribution in [2.45, 2.75) is 92.1 Å². The van der Waals surface area contributed by atoms with Gasteiger partial charge in [0.2, 0.25) is 0 Å². The summed E-state index contributed by atoms with van der Waals surface area (Å²) in [4.78, 5) is 2.53. The minimum absolute atomic E-state index is 0.0466. The predicted molar refractivity (Wildman–Crippen MR) is 171 cm³/mol. The van der Waals surface area contributed by atoms with E-state index in [4.69, 9.17) is 0 Å². The topological polar surface area (TPSA) is 0 Å². The highest BCUT2D eigenvalue weighted by Gasteiger charge is 2.84. The van der Waals surface area contributed by atoms with Crippen LogP contribution in [0.2, 0.25) is 39.3 Å². The van der Waals surface area contributed by atoms with Crippen molar-refractivity contribution in [3.63, 3.8) is 0 Å². The van der Waals surface area contributed by atoms with E-state index in [-0.39, 0.29) is 22.8 Å². The molecule has 2 aliphatic heterocycles. The molecule has 0 spiro atoms. The van der Waals surface area contributed by atoms with Crippen molar-refractivity contribution in [2.75, 3.05) is 0 Å². The van der Waals surface area contributed by atoms with E-state index in [2.05, 4.69) is 45.3 Å². The van der Waals surface area contributed by atoms with E-state index in [1.807, 2.05) is 18.2 Å². The highest BCUT2D eigenvalue weighted by atomic mass is 32.2. The van der Waals surface area contributed by atoms with E-state index in [1.165, 1.54) is 38.6 Å². The Bertz CT molecular complexity index is 1570. The first kappa shape index (κ1) is 30.4. The van der Waals surface area contributed by atoms with Crippen LogP contribution in [0.5, 0.6) is 0 Å². The third-order valence-electron chi connectivity index (χ3n) is 8.87. The van der Waals surface area contributed by atoms with Crippen molar-refractivity contribution in [3.8, 4) is 0 Å². The number of thioether (sulfide) groups is 2. The lowest BCUT2D eigenvalue weighted by atomic mass is 9.70. The number of hydrogen-bond acceptors (Lipinski definition) is 4. The molecule has 6 rings (SSSR count). The average Bonchev–Trinajstić information content (AvgIpc) is 3.61. The Morgan fingerprint density at radius 1 is 0.732 bits per heavy atom. The first-order valence-electron chi connectivity index (χ1n) is 13.5. The van der Waals surface area contributed by atoms with Gasteiger partial charge < -0.3 is 0 Å². The molecule has 2 aromatic heterocycles. The van der Waals surface area contributed by atoms with Gasteiger partial charge in [-0.1, -0.05) is 51.4 Å². The highest BCUT2D eigenvalue weighted by Crippen LogP contribution is 2.76. The molecule has 3 atom stereocenters. The Balaban J connectivity index is 1.56. The first-order valence-corrected chi connectivity index (χ1v) is 23.8. The van der Waals surface area contributed by atoms with Crippen molar-refractivity contribution in [1.29, 1.82) is 0 Å². The number of alkyl halides is 6. The summed E-state index contributed by atoms with van der Waals surface area (Å²) in [6, 6.07) is 8.08. The van der Waals surface area contributed by atoms with Gasteiger partial charge in [-0.25, -0.2) is 0 Å². The normalized spacial score (nSPS) is 31.9. The zero-order valence-corrected chi connectivity index (χ0v) is 29.3. The molecular formula is C29H32F6S4Si2. The van der Waals surface area contributed by atoms with Gasteiger partial charge in [-0.15, -0.1) is 46.2 Å². The third kappa shape index (κ3) is 3.92. The summed E-state index contributed by atoms with van der Waals surface area (Å²) in [5, 5.41) is -0.279. The summed E-state index contributed by atoms with van der Waals surface area (Å²) in [6.45, 7) is 16.9. The molecule has 222 valence electrons. The number of allylic oxidation sites excluding steroid dienone is 3. The summed E-state index contributed by atoms with van der Waals surface area (Å²) in [5.74, 6) is -15.5. The fourth-order valence-electron chi connectivity index (χ4n) is 6.31. The van der Waals surface area contributed by atoms with Crippen LogP contribution in [0.4, 0.5) is 26.3 Å². The standard InChI is InChI=1S/C29H32F6S4Si2/c1-25-15(13-19(38-25)17-9-11-21(36-17)40(3,4)5)23-24(28(32,33)29(34,35)27(23,30)31)16-14-20(39-26(16,25)2)18-10-12-22(37-18)41(6,7)8/h9-13,20H,14H2,1-8H3. The molecule has 3 unspecified atom stereocenters. The molecular weight excluding hydrogens is 647 g/mol. The van der Waals surface area contributed by atoms with Crippen LogP contribution in [-0.4, -0.2) is 43.4 Å². The van der Waals surface area contributed by atoms with Gasteiger partial charge in [-0.2, -0.15) is 26.3 Å². The SMILES string of the molecule is CC12SC(c3ccc([Si](C)(C)C)s3)=CC1=C1C(=C3CC(c4ccc([Si](C)(C)C)s4)SC32C)C(F)(F)C(F)(F)C1(F)F. The number of fused-ring (bicyclic) bond motifs is 4. The lowest BCUT2D eigenvalue weighted by Gasteiger charge is -2.47. The molecule has 0 aromatic carbocycles. The lowest BCUT2D eigenvalue weighted by Crippen LogP contribution is -2.48. The average molecular weight is 679 g/mol. The second-order valence-electron chi connectivity index (χ2n) is 13.7. The van der Waals surface area contributed by atoms with Gasteiger partial charge in [0.15, 0.2) is 0 Å². The van der Waals surface area contributed by atoms with Crippen LogP contribution in [0, 0.1) is 0 Å². The summed E-state index contributed by atoms with van der Waals surface area (Å²) >= 11 is 6.06. The number of hydrogen-bond donors (Lipinski definition) is 0. The molecule has 12 heteroatoms. The minimum Gasteiger partial charge on any atom is -0.194 e. The third-order valence-corrected chi connectivity index (χ3v) is 22.2. The van der Waals surface area contributed by atoms with E-state index in [0.717, 1.165) is 9.75 Å². The first-order chi connectivity index (χ1) is 18.6. The molecule has 2 aliphatic carbocycles. The maximum Gasteiger partial charge on any atom is 0.380 e. The number of thiophene rings is 2. The monoisotopic (exact) mass is 678 g/mol. The van der Waals surface area contributed by atoms with E-state index in [1.54, 1.807) is 36.5 Å². The lowest BCUT2D eigenvalue weighted by molar-refractivity contribution is -0.258. The Morgan fingerprint density at radius 3 is 1.85 bits per heavy atom. The maximum absolute atomic E-state index is 15.6. The molecule has 0 bridgehead atoms. The predicted octanol–water partition coefficient (Wildman–Crippen LogP) is 9.91. The van der Waals surface area contributed by atoms with Crippen LogP contribution in [0.25, 0.3) is 4.91 Å². The van der Waals surface area contributed by atoms with E-state index in [0.29, 0.717) is 4.91 Å². The molecule has 2 aromatic rings. The number of halogens is 6. The van der Waals surface area contributed by atoms with Crippen molar-refractivity contribution in [3.05, 3.63) is 62.4 Å². The Labute approximate surface area is 255 Å². The minimum atomic E-state index is -5.51. The fraction of sp³-hybridized carbons (Fsp3) is 0.517. The molecule has 4 aliphatic rings. The van der Waals surface area contributed by atoms with Crippen molar-refractivity contribution in [1.82, 2.24) is 0 Å². The quantitative estimate of drug-likeness (QED) is 0.233. The van der Waals surface area contributed by atoms with Gasteiger partial charge in [0.1, 0.15) is 0 Å². The summed E-state index contributed by atoms with van der Waals surface area (Å²) in [7, 11) is -3.29. The van der Waals surface area contributed by atoms with Gasteiger partial charge in [0.25, 0.3) is 0 Å². The highest BCUT2D eigenvalue weighted by molar-refractivity contribution is 8.12. The van der Waals surface area contributed by atoms with E-state index < -0.39 is 54.6 Å². The Kier molecular flexibility index (Phi) is 6.47. The van der Waals surface area contributed by atoms with Crippen LogP contribution in [0.15, 0.2) is 52.6 Å². The smallest absolute Gasteiger partial charge is 0.194 e. The summed E-state index contributed by atoms with van der Waals surface area (Å²) < 4.78 is 93.0. The molecule has 1 saturated carbocycles. The van der Waals surface area contributed by atoms with Gasteiger partial charge in [0, 0.05) is 31.1 Å². The van der Waals surface area contributed by atoms with Crippen LogP contribution in [-0.2, 0) is 0 Å². The van der Waals surface area contributed by atoms with Crippen LogP contribution < -0.4 is 9.00 Å². The molecule has 4 heterocycles. The van der Waals surface area contributed by atoms with E-state index in [9.17, 15) is 0 Å². The largest absolute Gasteiger partial charge is 0.380 e. The summed E-state index contributed by atoms with van der Waals surface area (Å²) in [6.07, 6.45) is 1.56. The molecule has 0 N–H and O–H groups in total. The molecule has 0 radical (unpaired) electrons. The van der Waals surface area contributed by atoms with Gasteiger partial charge in [-0.05, 0) is 58.6 Å². The van der Waals surface area contributed by atoms with Crippen LogP contribution in [0.1, 0.15) is 35.3 Å². The van der Waals surface area contributed by atoms with Crippen molar-refractivity contribution < 1.29 is 26.3 Å². The van der Waals surface area contributed by atoms with E-state index >= 15 is 26.3 Å². The second-order valence-corrected chi connectivity index (χ2v) is 29.8. The van der Waals surface area contributed by atoms with Crippen LogP contribution >= 0.6 is 46.2 Å². The van der Waals surface area contributed by atoms with Crippen molar-refractivity contribution >= 4 is 76.3 Å². The molecule has 1 saturated heterocycles. The molecule has 0 amide bonds. The van der Waals surface area contributed by atoms with Gasteiger partial charge >= 0.3 is 17.8 Å². The Hall–Kier alpha value is -0.666. The maximum atomic E-state index is 15.6. The zero-order chi connectivity index (χ0) is 30.3. The van der Waals surface area contributed by atoms with Crippen LogP contribution in [0.3, 0.4) is 0 Å². The van der Waals surface area contributed by atoms with Crippen molar-refractivity contribution in [2.24, 2.45) is 0 Å². The number of rotatable bonds is 4. The fourth-order valence-corrected chi connectivity index (χ4v) is 15.9. The molecule has 2 fully saturated rings. The van der Waals surface area contributed by atoms with Gasteiger partial charge in [0.05, 0.1) is 25.6 Å². The molecule has 0 nitrogen and oxygen atoms in total. The summed E-state index contributed by atoms with van der Waals surface area (Å²) in [5.41, 5.74) is -2.30. The second kappa shape index (κ2) is 8.74.